The summed E-state index contributed by atoms with van der Waals surface area (Å²) in [5.41, 5.74) is 6.62. The number of carbonyl (C=O) groups is 5. The van der Waals surface area contributed by atoms with Gasteiger partial charge in [-0.2, -0.15) is 11.8 Å². The van der Waals surface area contributed by atoms with Gasteiger partial charge in [-0.1, -0.05) is 20.3 Å². The minimum Gasteiger partial charge on any atom is -0.481 e. The lowest BCUT2D eigenvalue weighted by Crippen LogP contribution is -2.59. The maximum atomic E-state index is 13.1. The van der Waals surface area contributed by atoms with Crippen molar-refractivity contribution in [3.8, 4) is 0 Å². The van der Waals surface area contributed by atoms with Crippen molar-refractivity contribution in [3.05, 3.63) is 18.2 Å². The minimum absolute atomic E-state index is 0.181. The van der Waals surface area contributed by atoms with Gasteiger partial charge < -0.3 is 36.9 Å². The van der Waals surface area contributed by atoms with Crippen LogP contribution in [0.4, 0.5) is 0 Å². The fourth-order valence-electron chi connectivity index (χ4n) is 3.10. The number of carboxylic acid groups (broad SMARTS) is 2. The average Bonchev–Trinajstić information content (AvgIpc) is 3.31. The van der Waals surface area contributed by atoms with Gasteiger partial charge in [-0.15, -0.1) is 0 Å². The first-order chi connectivity index (χ1) is 16.5. The van der Waals surface area contributed by atoms with E-state index in [9.17, 15) is 29.1 Å². The van der Waals surface area contributed by atoms with Gasteiger partial charge in [-0.05, 0) is 24.3 Å². The number of aromatic amines is 1. The third-order valence-electron chi connectivity index (χ3n) is 5.36. The number of rotatable bonds is 16. The van der Waals surface area contributed by atoms with Crippen molar-refractivity contribution in [1.29, 1.82) is 0 Å². The summed E-state index contributed by atoms with van der Waals surface area (Å²) < 4.78 is 0. The average molecular weight is 515 g/mol. The highest BCUT2D eigenvalue weighted by Gasteiger charge is 2.33. The molecule has 14 heteroatoms. The van der Waals surface area contributed by atoms with Crippen molar-refractivity contribution in [3.63, 3.8) is 0 Å². The molecule has 8 N–H and O–H groups in total. The number of imidazole rings is 1. The minimum atomic E-state index is -1.66. The maximum absolute atomic E-state index is 13.1. The Bertz CT molecular complexity index is 866. The summed E-state index contributed by atoms with van der Waals surface area (Å²) in [4.78, 5) is 67.5. The van der Waals surface area contributed by atoms with Crippen LogP contribution in [0.2, 0.25) is 0 Å². The van der Waals surface area contributed by atoms with Crippen LogP contribution in [0.3, 0.4) is 0 Å². The van der Waals surface area contributed by atoms with Gasteiger partial charge >= 0.3 is 11.9 Å². The molecule has 1 heterocycles. The van der Waals surface area contributed by atoms with E-state index in [1.807, 2.05) is 6.26 Å². The van der Waals surface area contributed by atoms with Crippen LogP contribution in [0, 0.1) is 5.92 Å². The van der Waals surface area contributed by atoms with Crippen molar-refractivity contribution < 1.29 is 34.2 Å². The van der Waals surface area contributed by atoms with E-state index in [2.05, 4.69) is 25.9 Å². The molecular weight excluding hydrogens is 480 g/mol. The van der Waals surface area contributed by atoms with Gasteiger partial charge in [0.15, 0.2) is 0 Å². The zero-order valence-corrected chi connectivity index (χ0v) is 20.8. The molecule has 0 aliphatic carbocycles. The predicted molar refractivity (Wildman–Crippen MR) is 128 cm³/mol. The van der Waals surface area contributed by atoms with E-state index >= 15 is 0 Å². The van der Waals surface area contributed by atoms with Gasteiger partial charge in [-0.3, -0.25) is 19.2 Å². The van der Waals surface area contributed by atoms with Crippen LogP contribution in [0.5, 0.6) is 0 Å². The smallest absolute Gasteiger partial charge is 0.326 e. The summed E-state index contributed by atoms with van der Waals surface area (Å²) >= 11 is 1.46. The standard InChI is InChI=1S/C21H34N6O7S/c1-4-11(2)17(20(32)26-15(21(33)34)8-16(28)29)27-19(31)14(5-6-35-3)25-18(30)13(22)7-12-9-23-10-24-12/h9-11,13-15,17H,4-8,22H2,1-3H3,(H,23,24)(H,25,30)(H,26,32)(H,27,31)(H,28,29)(H,33,34). The molecule has 0 aromatic carbocycles. The van der Waals surface area contributed by atoms with Gasteiger partial charge in [0, 0.05) is 18.3 Å². The summed E-state index contributed by atoms with van der Waals surface area (Å²) in [5.74, 6) is -4.79. The second kappa shape index (κ2) is 15.0. The Kier molecular flexibility index (Phi) is 12.8. The molecule has 0 fully saturated rings. The van der Waals surface area contributed by atoms with Crippen LogP contribution in [0.1, 0.15) is 38.8 Å². The Morgan fingerprint density at radius 2 is 1.74 bits per heavy atom. The summed E-state index contributed by atoms with van der Waals surface area (Å²) in [6.07, 6.45) is 4.93. The second-order valence-electron chi connectivity index (χ2n) is 8.10. The second-order valence-corrected chi connectivity index (χ2v) is 9.08. The van der Waals surface area contributed by atoms with E-state index in [0.717, 1.165) is 0 Å². The molecule has 0 aliphatic heterocycles. The van der Waals surface area contributed by atoms with Gasteiger partial charge in [0.05, 0.1) is 18.8 Å². The number of amides is 3. The molecule has 5 unspecified atom stereocenters. The fraction of sp³-hybridized carbons (Fsp3) is 0.619. The molecule has 1 aromatic rings. The van der Waals surface area contributed by atoms with Gasteiger partial charge in [0.1, 0.15) is 18.1 Å². The number of H-pyrrole nitrogens is 1. The zero-order valence-electron chi connectivity index (χ0n) is 19.9. The molecule has 0 aliphatic rings. The van der Waals surface area contributed by atoms with Crippen LogP contribution in [0.15, 0.2) is 12.5 Å². The maximum Gasteiger partial charge on any atom is 0.326 e. The van der Waals surface area contributed by atoms with Crippen LogP contribution in [-0.2, 0) is 30.4 Å². The molecule has 1 rings (SSSR count). The van der Waals surface area contributed by atoms with Gasteiger partial charge in [0.2, 0.25) is 17.7 Å². The fourth-order valence-corrected chi connectivity index (χ4v) is 3.57. The lowest BCUT2D eigenvalue weighted by Gasteiger charge is -2.28. The molecule has 0 saturated heterocycles. The molecule has 3 amide bonds. The van der Waals surface area contributed by atoms with E-state index < -0.39 is 66.2 Å². The van der Waals surface area contributed by atoms with Crippen molar-refractivity contribution in [2.24, 2.45) is 11.7 Å². The molecule has 1 aromatic heterocycles. The number of aliphatic carboxylic acids is 2. The molecule has 0 saturated carbocycles. The van der Waals surface area contributed by atoms with E-state index in [1.165, 1.54) is 24.3 Å². The lowest BCUT2D eigenvalue weighted by atomic mass is 9.97. The molecule has 5 atom stereocenters. The van der Waals surface area contributed by atoms with E-state index in [0.29, 0.717) is 17.9 Å². The van der Waals surface area contributed by atoms with Crippen LogP contribution < -0.4 is 21.7 Å². The Hall–Kier alpha value is -3.13. The number of carbonyl (C=O) groups excluding carboxylic acids is 3. The molecule has 196 valence electrons. The van der Waals surface area contributed by atoms with E-state index in [-0.39, 0.29) is 12.8 Å². The molecule has 35 heavy (non-hydrogen) atoms. The Morgan fingerprint density at radius 3 is 2.26 bits per heavy atom. The third-order valence-corrected chi connectivity index (χ3v) is 6.01. The number of thioether (sulfide) groups is 1. The molecule has 13 nitrogen and oxygen atoms in total. The number of nitrogens with zero attached hydrogens (tertiary/aromatic N) is 1. The summed E-state index contributed by atoms with van der Waals surface area (Å²) in [6.45, 7) is 3.47. The van der Waals surface area contributed by atoms with Gasteiger partial charge in [0.25, 0.3) is 0 Å². The predicted octanol–water partition coefficient (Wildman–Crippen LogP) is -0.908. The monoisotopic (exact) mass is 514 g/mol. The first-order valence-electron chi connectivity index (χ1n) is 11.1. The first kappa shape index (κ1) is 29.9. The van der Waals surface area contributed by atoms with E-state index in [4.69, 9.17) is 10.8 Å². The van der Waals surface area contributed by atoms with Crippen molar-refractivity contribution >= 4 is 41.4 Å². The van der Waals surface area contributed by atoms with Gasteiger partial charge in [-0.25, -0.2) is 9.78 Å². The number of nitrogens with one attached hydrogen (secondary N) is 4. The quantitative estimate of drug-likeness (QED) is 0.144. The normalized spacial score (nSPS) is 15.2. The SMILES string of the molecule is CCC(C)C(NC(=O)C(CCSC)NC(=O)C(N)Cc1cnc[nH]1)C(=O)NC(CC(=O)O)C(=O)O. The third kappa shape index (κ3) is 10.3. The largest absolute Gasteiger partial charge is 0.481 e. The highest BCUT2D eigenvalue weighted by molar-refractivity contribution is 7.98. The summed E-state index contributed by atoms with van der Waals surface area (Å²) in [5, 5.41) is 25.5. The van der Waals surface area contributed by atoms with Crippen molar-refractivity contribution in [1.82, 2.24) is 25.9 Å². The topological polar surface area (TPSA) is 217 Å². The lowest BCUT2D eigenvalue weighted by molar-refractivity contribution is -0.147. The van der Waals surface area contributed by atoms with Crippen molar-refractivity contribution in [2.45, 2.75) is 63.7 Å². The first-order valence-corrected chi connectivity index (χ1v) is 12.5. The van der Waals surface area contributed by atoms with E-state index in [1.54, 1.807) is 13.8 Å². The Balaban J connectivity index is 2.95. The number of aromatic nitrogens is 2. The highest BCUT2D eigenvalue weighted by Crippen LogP contribution is 2.11. The Morgan fingerprint density at radius 1 is 1.09 bits per heavy atom. The highest BCUT2D eigenvalue weighted by atomic mass is 32.2. The summed E-state index contributed by atoms with van der Waals surface area (Å²) in [7, 11) is 0. The molecular formula is C21H34N6O7S. The number of hydrogen-bond donors (Lipinski definition) is 7. The Labute approximate surface area is 207 Å². The number of nitrogens with two attached hydrogens (primary N) is 1. The summed E-state index contributed by atoms with van der Waals surface area (Å²) in [6, 6.07) is -4.73. The molecule has 0 bridgehead atoms. The zero-order chi connectivity index (χ0) is 26.5. The molecule has 0 spiro atoms. The van der Waals surface area contributed by atoms with Crippen LogP contribution in [0.25, 0.3) is 0 Å². The van der Waals surface area contributed by atoms with Crippen molar-refractivity contribution in [2.75, 3.05) is 12.0 Å². The molecule has 0 radical (unpaired) electrons. The van der Waals surface area contributed by atoms with Crippen LogP contribution >= 0.6 is 11.8 Å². The number of carboxylic acids is 2. The van der Waals surface area contributed by atoms with Crippen LogP contribution in [-0.4, -0.2) is 86.0 Å². The number of hydrogen-bond acceptors (Lipinski definition) is 8.